The molecule has 4 heteroatoms. The van der Waals surface area contributed by atoms with Gasteiger partial charge in [0.2, 0.25) is 0 Å². The third-order valence-electron chi connectivity index (χ3n) is 5.89. The third kappa shape index (κ3) is 20.1. The van der Waals surface area contributed by atoms with Gasteiger partial charge in [-0.05, 0) is 32.4 Å². The van der Waals surface area contributed by atoms with E-state index in [-0.39, 0.29) is 35.6 Å². The summed E-state index contributed by atoms with van der Waals surface area (Å²) in [6.07, 6.45) is 21.9. The molecule has 0 aliphatic rings. The van der Waals surface area contributed by atoms with Crippen LogP contribution in [0.15, 0.2) is 0 Å². The summed E-state index contributed by atoms with van der Waals surface area (Å²) in [5.41, 5.74) is 0. The zero-order valence-electron chi connectivity index (χ0n) is 20.5. The Kier molecular flexibility index (Phi) is 26.9. The minimum atomic E-state index is -0.859. The molecule has 0 saturated carbocycles. The smallest absolute Gasteiger partial charge is 0.548 e. The summed E-state index contributed by atoms with van der Waals surface area (Å²) in [5, 5.41) is 11.8. The van der Waals surface area contributed by atoms with Crippen molar-refractivity contribution < 1.29 is 39.5 Å². The zero-order chi connectivity index (χ0) is 20.9. The van der Waals surface area contributed by atoms with Gasteiger partial charge in [0.25, 0.3) is 0 Å². The molecule has 0 bridgehead atoms. The minimum absolute atomic E-state index is 0. The first-order valence-corrected chi connectivity index (χ1v) is 12.6. The van der Waals surface area contributed by atoms with Gasteiger partial charge in [0.1, 0.15) is 0 Å². The first-order chi connectivity index (χ1) is 13.7. The summed E-state index contributed by atoms with van der Waals surface area (Å²) in [5.74, 6) is -0.859. The molecule has 0 aromatic rings. The maximum atomic E-state index is 11.8. The number of aliphatic carboxylic acids is 1. The van der Waals surface area contributed by atoms with Crippen LogP contribution in [0.2, 0.25) is 0 Å². The van der Waals surface area contributed by atoms with Gasteiger partial charge in [-0.15, -0.1) is 0 Å². The van der Waals surface area contributed by atoms with Crippen LogP contribution in [0.3, 0.4) is 0 Å². The molecule has 0 saturated heterocycles. The number of carbonyl (C=O) groups is 1. The minimum Gasteiger partial charge on any atom is -0.548 e. The molecule has 0 aliphatic heterocycles. The van der Waals surface area contributed by atoms with E-state index < -0.39 is 5.97 Å². The van der Waals surface area contributed by atoms with Gasteiger partial charge >= 0.3 is 29.6 Å². The van der Waals surface area contributed by atoms with Crippen molar-refractivity contribution in [3.63, 3.8) is 0 Å². The average molecular weight is 420 g/mol. The van der Waals surface area contributed by atoms with Crippen LogP contribution in [0.4, 0.5) is 0 Å². The number of nitrogens with zero attached hydrogens (tertiary/aromatic N) is 1. The van der Waals surface area contributed by atoms with Crippen LogP contribution < -0.4 is 34.7 Å². The fraction of sp³-hybridized carbons (Fsp3) is 0.960. The fourth-order valence-corrected chi connectivity index (χ4v) is 4.00. The van der Waals surface area contributed by atoms with Crippen LogP contribution in [-0.2, 0) is 4.79 Å². The number of unbranched alkanes of at least 4 members (excludes halogenated alkanes) is 14. The van der Waals surface area contributed by atoms with E-state index >= 15 is 0 Å². The Balaban J connectivity index is 0. The van der Waals surface area contributed by atoms with Crippen LogP contribution in [0.25, 0.3) is 0 Å². The second kappa shape index (κ2) is 24.7. The van der Waals surface area contributed by atoms with Crippen LogP contribution in [-0.4, -0.2) is 30.0 Å². The van der Waals surface area contributed by atoms with E-state index in [2.05, 4.69) is 25.7 Å². The number of hydrogen-bond donors (Lipinski definition) is 0. The van der Waals surface area contributed by atoms with Crippen molar-refractivity contribution in [2.45, 2.75) is 142 Å². The van der Waals surface area contributed by atoms with E-state index in [1.807, 2.05) is 0 Å². The van der Waals surface area contributed by atoms with Crippen molar-refractivity contribution >= 4 is 5.97 Å². The Bertz CT molecular complexity index is 321. The molecule has 0 radical (unpaired) electrons. The molecule has 0 spiro atoms. The third-order valence-corrected chi connectivity index (χ3v) is 5.89. The first-order valence-electron chi connectivity index (χ1n) is 12.6. The van der Waals surface area contributed by atoms with Gasteiger partial charge < -0.3 is 9.90 Å². The molecule has 29 heavy (non-hydrogen) atoms. The zero-order valence-corrected chi connectivity index (χ0v) is 22.5. The van der Waals surface area contributed by atoms with Gasteiger partial charge in [-0.3, -0.25) is 4.90 Å². The molecule has 0 N–H and O–H groups in total. The Morgan fingerprint density at radius 1 is 0.621 bits per heavy atom. The Morgan fingerprint density at radius 3 is 1.34 bits per heavy atom. The number of carbonyl (C=O) groups excluding carboxylic acids is 1. The normalized spacial score (nSPS) is 12.1. The predicted octanol–water partition coefficient (Wildman–Crippen LogP) is 3.49. The molecule has 3 nitrogen and oxygen atoms in total. The van der Waals surface area contributed by atoms with Gasteiger partial charge in [-0.25, -0.2) is 0 Å². The van der Waals surface area contributed by atoms with Crippen LogP contribution in [0.1, 0.15) is 136 Å². The van der Waals surface area contributed by atoms with Crippen molar-refractivity contribution in [3.8, 4) is 0 Å². The monoisotopic (exact) mass is 419 g/mol. The number of carboxylic acid groups (broad SMARTS) is 1. The van der Waals surface area contributed by atoms with Crippen molar-refractivity contribution in [1.29, 1.82) is 0 Å². The first kappa shape index (κ1) is 31.6. The standard InChI is InChI=1S/C25H51NO2.Na/c1-4-7-10-12-14-16-19-22-26(23-20-17-15-13-11-8-5-2)24(25(27)28)21-18-9-6-3;/h24H,4-23H2,1-3H3,(H,27,28);/q;+1/p-1. The molecule has 168 valence electrons. The summed E-state index contributed by atoms with van der Waals surface area (Å²) in [6, 6.07) is -0.383. The number of hydrogen-bond acceptors (Lipinski definition) is 3. The molecule has 0 aromatic heterocycles. The molecular weight excluding hydrogens is 369 g/mol. The second-order valence-electron chi connectivity index (χ2n) is 8.61. The van der Waals surface area contributed by atoms with E-state index in [9.17, 15) is 9.90 Å². The van der Waals surface area contributed by atoms with Crippen LogP contribution in [0.5, 0.6) is 0 Å². The molecular formula is C25H50NNaO2. The molecule has 0 rings (SSSR count). The molecule has 0 aliphatic carbocycles. The van der Waals surface area contributed by atoms with Gasteiger partial charge in [-0.2, -0.15) is 0 Å². The maximum absolute atomic E-state index is 11.8. The molecule has 0 aromatic carbocycles. The quantitative estimate of drug-likeness (QED) is 0.199. The molecule has 1 unspecified atom stereocenters. The summed E-state index contributed by atoms with van der Waals surface area (Å²) in [7, 11) is 0. The van der Waals surface area contributed by atoms with E-state index in [1.54, 1.807) is 0 Å². The van der Waals surface area contributed by atoms with Crippen LogP contribution in [0, 0.1) is 0 Å². The second-order valence-corrected chi connectivity index (χ2v) is 8.61. The molecule has 0 amide bonds. The predicted molar refractivity (Wildman–Crippen MR) is 120 cm³/mol. The van der Waals surface area contributed by atoms with E-state index in [0.29, 0.717) is 0 Å². The Labute approximate surface area is 205 Å². The molecule has 1 atom stereocenters. The largest absolute Gasteiger partial charge is 1.00 e. The average Bonchev–Trinajstić information content (AvgIpc) is 2.68. The summed E-state index contributed by atoms with van der Waals surface area (Å²) in [6.45, 7) is 8.52. The van der Waals surface area contributed by atoms with Crippen LogP contribution >= 0.6 is 0 Å². The van der Waals surface area contributed by atoms with Gasteiger partial charge in [0.05, 0.1) is 5.97 Å². The van der Waals surface area contributed by atoms with Crippen molar-refractivity contribution in [1.82, 2.24) is 4.90 Å². The maximum Gasteiger partial charge on any atom is 1.00 e. The summed E-state index contributed by atoms with van der Waals surface area (Å²) >= 11 is 0. The number of carboxylic acids is 1. The van der Waals surface area contributed by atoms with E-state index in [1.165, 1.54) is 77.0 Å². The van der Waals surface area contributed by atoms with Gasteiger partial charge in [-0.1, -0.05) is 117 Å². The summed E-state index contributed by atoms with van der Waals surface area (Å²) in [4.78, 5) is 14.0. The molecule has 0 fully saturated rings. The topological polar surface area (TPSA) is 43.4 Å². The van der Waals surface area contributed by atoms with Gasteiger partial charge in [0.15, 0.2) is 0 Å². The number of rotatable bonds is 22. The fourth-order valence-electron chi connectivity index (χ4n) is 4.00. The van der Waals surface area contributed by atoms with E-state index in [0.717, 1.165) is 51.6 Å². The van der Waals surface area contributed by atoms with Crippen molar-refractivity contribution in [2.75, 3.05) is 13.1 Å². The van der Waals surface area contributed by atoms with Gasteiger partial charge in [0, 0.05) is 6.04 Å². The summed E-state index contributed by atoms with van der Waals surface area (Å²) < 4.78 is 0. The van der Waals surface area contributed by atoms with E-state index in [4.69, 9.17) is 0 Å². The van der Waals surface area contributed by atoms with Crippen molar-refractivity contribution in [3.05, 3.63) is 0 Å². The Hall–Kier alpha value is 0.430. The molecule has 0 heterocycles. The van der Waals surface area contributed by atoms with Crippen molar-refractivity contribution in [2.24, 2.45) is 0 Å². The Morgan fingerprint density at radius 2 is 0.966 bits per heavy atom. The SMILES string of the molecule is CCCCCCCCCN(CCCCCCCCC)C(CCCCC)C(=O)[O-].[Na+].